The molecule has 2 heteroatoms. The van der Waals surface area contributed by atoms with Gasteiger partial charge in [-0.05, 0) is 75.4 Å². The maximum atomic E-state index is 5.46. The third kappa shape index (κ3) is 7.89. The Morgan fingerprint density at radius 1 is 0.690 bits per heavy atom. The molecule has 0 aromatic rings. The summed E-state index contributed by atoms with van der Waals surface area (Å²) in [5.74, 6) is 3.05. The standard InChI is InChI=1S/C27H49NS/c1-3-4-5-6-7-8-9-10-11-12-13-14-15-16-26(29-2)28-27-20-23-17-24(21-27)19-25(18-23)22-27/h23-25H,3-22H2,1-2H3. The highest BCUT2D eigenvalue weighted by atomic mass is 32.2. The van der Waals surface area contributed by atoms with Crippen LogP contribution in [0.4, 0.5) is 0 Å². The van der Waals surface area contributed by atoms with E-state index in [4.69, 9.17) is 4.99 Å². The smallest absolute Gasteiger partial charge is 0.0680 e. The zero-order valence-electron chi connectivity index (χ0n) is 19.7. The molecule has 0 unspecified atom stereocenters. The summed E-state index contributed by atoms with van der Waals surface area (Å²) in [6.07, 6.45) is 31.1. The quantitative estimate of drug-likeness (QED) is 0.146. The molecule has 4 bridgehead atoms. The zero-order chi connectivity index (χ0) is 20.4. The monoisotopic (exact) mass is 419 g/mol. The fourth-order valence-corrected chi connectivity index (χ4v) is 7.60. The Morgan fingerprint density at radius 3 is 1.52 bits per heavy atom. The predicted octanol–water partition coefficient (Wildman–Crippen LogP) is 9.20. The van der Waals surface area contributed by atoms with E-state index >= 15 is 0 Å². The van der Waals surface area contributed by atoms with Crippen molar-refractivity contribution in [3.63, 3.8) is 0 Å². The second kappa shape index (κ2) is 12.8. The highest BCUT2D eigenvalue weighted by Gasteiger charge is 2.51. The molecule has 0 heterocycles. The second-order valence-electron chi connectivity index (χ2n) is 10.8. The first-order valence-electron chi connectivity index (χ1n) is 13.4. The number of rotatable bonds is 15. The Bertz CT molecular complexity index is 448. The Kier molecular flexibility index (Phi) is 10.4. The van der Waals surface area contributed by atoms with Crippen molar-refractivity contribution in [3.05, 3.63) is 0 Å². The van der Waals surface area contributed by atoms with Crippen molar-refractivity contribution in [2.75, 3.05) is 6.26 Å². The Hall–Kier alpha value is 0.0200. The van der Waals surface area contributed by atoms with Gasteiger partial charge in [0.15, 0.2) is 0 Å². The molecule has 4 fully saturated rings. The topological polar surface area (TPSA) is 12.4 Å². The van der Waals surface area contributed by atoms with Gasteiger partial charge < -0.3 is 0 Å². The molecular weight excluding hydrogens is 370 g/mol. The van der Waals surface area contributed by atoms with E-state index in [0.29, 0.717) is 5.54 Å². The van der Waals surface area contributed by atoms with E-state index in [1.807, 2.05) is 11.8 Å². The van der Waals surface area contributed by atoms with E-state index in [1.54, 1.807) is 0 Å². The summed E-state index contributed by atoms with van der Waals surface area (Å²) in [5, 5.41) is 1.48. The number of hydrogen-bond donors (Lipinski definition) is 0. The van der Waals surface area contributed by atoms with Crippen LogP contribution in [0.5, 0.6) is 0 Å². The molecule has 29 heavy (non-hydrogen) atoms. The van der Waals surface area contributed by atoms with Crippen LogP contribution in [-0.2, 0) is 0 Å². The first-order chi connectivity index (χ1) is 14.2. The Labute approximate surface area is 186 Å². The molecule has 0 radical (unpaired) electrons. The lowest BCUT2D eigenvalue weighted by Gasteiger charge is -2.55. The highest BCUT2D eigenvalue weighted by Crippen LogP contribution is 2.57. The van der Waals surface area contributed by atoms with Gasteiger partial charge in [-0.1, -0.05) is 84.0 Å². The van der Waals surface area contributed by atoms with E-state index < -0.39 is 0 Å². The molecule has 0 saturated heterocycles. The molecule has 0 aromatic carbocycles. The minimum Gasteiger partial charge on any atom is -0.276 e. The first kappa shape index (κ1) is 23.7. The molecule has 4 saturated carbocycles. The molecular formula is C27H49NS. The van der Waals surface area contributed by atoms with Crippen LogP contribution in [0.2, 0.25) is 0 Å². The van der Waals surface area contributed by atoms with E-state index in [-0.39, 0.29) is 0 Å². The molecule has 4 rings (SSSR count). The van der Waals surface area contributed by atoms with Crippen molar-refractivity contribution in [1.29, 1.82) is 0 Å². The van der Waals surface area contributed by atoms with Crippen molar-refractivity contribution in [3.8, 4) is 0 Å². The summed E-state index contributed by atoms with van der Waals surface area (Å²) in [4.78, 5) is 5.46. The maximum Gasteiger partial charge on any atom is 0.0680 e. The van der Waals surface area contributed by atoms with E-state index in [0.717, 1.165) is 17.8 Å². The van der Waals surface area contributed by atoms with Crippen molar-refractivity contribution in [1.82, 2.24) is 0 Å². The lowest BCUT2D eigenvalue weighted by atomic mass is 9.53. The summed E-state index contributed by atoms with van der Waals surface area (Å²) in [6.45, 7) is 2.30. The first-order valence-corrected chi connectivity index (χ1v) is 14.6. The molecule has 0 aromatic heterocycles. The zero-order valence-corrected chi connectivity index (χ0v) is 20.5. The van der Waals surface area contributed by atoms with Crippen molar-refractivity contribution < 1.29 is 0 Å². The average Bonchev–Trinajstić information content (AvgIpc) is 2.69. The molecule has 0 atom stereocenters. The molecule has 0 spiro atoms. The number of hydrogen-bond acceptors (Lipinski definition) is 2. The highest BCUT2D eigenvalue weighted by molar-refractivity contribution is 8.13. The molecule has 1 nitrogen and oxygen atoms in total. The SMILES string of the molecule is CCCCCCCCCCCCCCCC(=NC12CC3CC(CC(C3)C1)C2)SC. The van der Waals surface area contributed by atoms with Crippen molar-refractivity contribution in [2.45, 2.75) is 141 Å². The van der Waals surface area contributed by atoms with Gasteiger partial charge in [0.2, 0.25) is 0 Å². The van der Waals surface area contributed by atoms with Gasteiger partial charge in [-0.2, -0.15) is 0 Å². The van der Waals surface area contributed by atoms with Gasteiger partial charge in [-0.3, -0.25) is 4.99 Å². The number of thioether (sulfide) groups is 1. The number of nitrogens with zero attached hydrogens (tertiary/aromatic N) is 1. The molecule has 0 amide bonds. The summed E-state index contributed by atoms with van der Waals surface area (Å²) >= 11 is 1.95. The third-order valence-electron chi connectivity index (χ3n) is 8.10. The Morgan fingerprint density at radius 2 is 1.10 bits per heavy atom. The molecule has 0 N–H and O–H groups in total. The number of unbranched alkanes of at least 4 members (excludes halogenated alkanes) is 12. The molecule has 0 aliphatic heterocycles. The van der Waals surface area contributed by atoms with E-state index in [2.05, 4.69) is 13.2 Å². The predicted molar refractivity (Wildman–Crippen MR) is 132 cm³/mol. The van der Waals surface area contributed by atoms with Gasteiger partial charge in [0.25, 0.3) is 0 Å². The van der Waals surface area contributed by atoms with Gasteiger partial charge in [-0.25, -0.2) is 0 Å². The van der Waals surface area contributed by atoms with Crippen molar-refractivity contribution >= 4 is 16.8 Å². The van der Waals surface area contributed by atoms with Gasteiger partial charge in [0, 0.05) is 0 Å². The molecule has 4 aliphatic rings. The van der Waals surface area contributed by atoms with Crippen LogP contribution in [0.1, 0.15) is 135 Å². The molecule has 4 aliphatic carbocycles. The summed E-state index contributed by atoms with van der Waals surface area (Å²) in [5.41, 5.74) is 0.379. The largest absolute Gasteiger partial charge is 0.276 e. The van der Waals surface area contributed by atoms with E-state index in [9.17, 15) is 0 Å². The van der Waals surface area contributed by atoms with Crippen LogP contribution in [0, 0.1) is 17.8 Å². The van der Waals surface area contributed by atoms with Gasteiger partial charge in [0.05, 0.1) is 10.6 Å². The van der Waals surface area contributed by atoms with Crippen LogP contribution < -0.4 is 0 Å². The lowest BCUT2D eigenvalue weighted by Crippen LogP contribution is -2.49. The maximum absolute atomic E-state index is 5.46. The van der Waals surface area contributed by atoms with Gasteiger partial charge >= 0.3 is 0 Å². The van der Waals surface area contributed by atoms with Crippen LogP contribution in [0.25, 0.3) is 0 Å². The Balaban J connectivity index is 1.22. The van der Waals surface area contributed by atoms with Crippen LogP contribution in [-0.4, -0.2) is 16.8 Å². The lowest BCUT2D eigenvalue weighted by molar-refractivity contribution is 0.00175. The summed E-state index contributed by atoms with van der Waals surface area (Å²) in [7, 11) is 0. The minimum absolute atomic E-state index is 0.379. The van der Waals surface area contributed by atoms with Gasteiger partial charge in [-0.15, -0.1) is 11.8 Å². The van der Waals surface area contributed by atoms with Crippen LogP contribution in [0.15, 0.2) is 4.99 Å². The summed E-state index contributed by atoms with van der Waals surface area (Å²) in [6, 6.07) is 0. The number of aliphatic imine (C=N–C) groups is 1. The van der Waals surface area contributed by atoms with Gasteiger partial charge in [0.1, 0.15) is 0 Å². The summed E-state index contributed by atoms with van der Waals surface area (Å²) < 4.78 is 0. The van der Waals surface area contributed by atoms with Crippen LogP contribution in [0.3, 0.4) is 0 Å². The van der Waals surface area contributed by atoms with E-state index in [1.165, 1.54) is 133 Å². The molecule has 168 valence electrons. The fraction of sp³-hybridized carbons (Fsp3) is 0.963. The average molecular weight is 420 g/mol. The van der Waals surface area contributed by atoms with Crippen LogP contribution >= 0.6 is 11.8 Å². The third-order valence-corrected chi connectivity index (χ3v) is 8.86. The second-order valence-corrected chi connectivity index (χ2v) is 11.7. The fourth-order valence-electron chi connectivity index (χ4n) is 6.96. The normalized spacial score (nSPS) is 31.0. The minimum atomic E-state index is 0.379. The van der Waals surface area contributed by atoms with Crippen molar-refractivity contribution in [2.24, 2.45) is 22.7 Å².